The van der Waals surface area contributed by atoms with Gasteiger partial charge in [0.2, 0.25) is 0 Å². The Hall–Kier alpha value is -0.820. The molecule has 1 atom stereocenters. The molecule has 1 fully saturated rings. The minimum absolute atomic E-state index is 0.239. The molecule has 1 heteroatoms. The molecule has 2 rings (SSSR count). The number of aryl methyl sites for hydroxylation is 2. The minimum Gasteiger partial charge on any atom is -0.307 e. The van der Waals surface area contributed by atoms with Gasteiger partial charge in [-0.15, -0.1) is 0 Å². The van der Waals surface area contributed by atoms with E-state index in [9.17, 15) is 0 Å². The van der Waals surface area contributed by atoms with Crippen LogP contribution in [0.4, 0.5) is 0 Å². The van der Waals surface area contributed by atoms with Gasteiger partial charge in [0.15, 0.2) is 0 Å². The summed E-state index contributed by atoms with van der Waals surface area (Å²) < 4.78 is 0. The molecule has 0 radical (unpaired) electrons. The Labute approximate surface area is 112 Å². The molecule has 0 spiro atoms. The van der Waals surface area contributed by atoms with Gasteiger partial charge < -0.3 is 5.32 Å². The third-order valence-electron chi connectivity index (χ3n) is 4.32. The molecule has 1 saturated heterocycles. The van der Waals surface area contributed by atoms with Crippen LogP contribution in [-0.2, 0) is 5.54 Å². The lowest BCUT2D eigenvalue weighted by Gasteiger charge is -2.36. The zero-order chi connectivity index (χ0) is 13.0. The predicted octanol–water partition coefficient (Wildman–Crippen LogP) is 4.46. The molecule has 0 aliphatic carbocycles. The Morgan fingerprint density at radius 1 is 1.17 bits per heavy atom. The van der Waals surface area contributed by atoms with Crippen LogP contribution in [0.15, 0.2) is 18.2 Å². The highest BCUT2D eigenvalue weighted by molar-refractivity contribution is 5.36. The molecule has 1 N–H and O–H groups in total. The lowest BCUT2D eigenvalue weighted by atomic mass is 9.79. The van der Waals surface area contributed by atoms with E-state index in [0.29, 0.717) is 0 Å². The summed E-state index contributed by atoms with van der Waals surface area (Å²) in [5, 5.41) is 3.87. The first-order valence-corrected chi connectivity index (χ1v) is 7.51. The second kappa shape index (κ2) is 5.88. The van der Waals surface area contributed by atoms with Gasteiger partial charge in [-0.25, -0.2) is 0 Å². The maximum absolute atomic E-state index is 3.87. The van der Waals surface area contributed by atoms with E-state index in [1.54, 1.807) is 0 Å². The van der Waals surface area contributed by atoms with Crippen LogP contribution in [0.3, 0.4) is 0 Å². The van der Waals surface area contributed by atoms with Crippen LogP contribution in [0.1, 0.15) is 62.1 Å². The molecule has 1 aromatic carbocycles. The molecule has 18 heavy (non-hydrogen) atoms. The van der Waals surface area contributed by atoms with Crippen molar-refractivity contribution in [1.82, 2.24) is 5.32 Å². The van der Waals surface area contributed by atoms with Gasteiger partial charge in [0.1, 0.15) is 0 Å². The summed E-state index contributed by atoms with van der Waals surface area (Å²) in [6.45, 7) is 7.93. The van der Waals surface area contributed by atoms with Crippen LogP contribution in [-0.4, -0.2) is 6.54 Å². The van der Waals surface area contributed by atoms with Crippen molar-refractivity contribution < 1.29 is 0 Å². The number of nitrogens with one attached hydrogen (secondary N) is 1. The monoisotopic (exact) mass is 245 g/mol. The van der Waals surface area contributed by atoms with E-state index in [1.165, 1.54) is 61.8 Å². The largest absolute Gasteiger partial charge is 0.307 e. The maximum Gasteiger partial charge on any atom is 0.0437 e. The summed E-state index contributed by atoms with van der Waals surface area (Å²) in [5.74, 6) is 0. The van der Waals surface area contributed by atoms with Gasteiger partial charge in [-0.05, 0) is 50.8 Å². The SMILES string of the molecule is CCCC1(c2ccc(C)cc2C)CCCCCN1. The zero-order valence-corrected chi connectivity index (χ0v) is 12.2. The predicted molar refractivity (Wildman–Crippen MR) is 79.0 cm³/mol. The van der Waals surface area contributed by atoms with Crippen LogP contribution >= 0.6 is 0 Å². The minimum atomic E-state index is 0.239. The van der Waals surface area contributed by atoms with Crippen molar-refractivity contribution in [3.05, 3.63) is 34.9 Å². The van der Waals surface area contributed by atoms with Crippen molar-refractivity contribution >= 4 is 0 Å². The maximum atomic E-state index is 3.87. The molecule has 1 aliphatic rings. The van der Waals surface area contributed by atoms with Gasteiger partial charge in [0.05, 0.1) is 0 Å². The number of rotatable bonds is 3. The van der Waals surface area contributed by atoms with Gasteiger partial charge in [-0.1, -0.05) is 49.9 Å². The Bertz CT molecular complexity index is 387. The van der Waals surface area contributed by atoms with Crippen molar-refractivity contribution in [2.75, 3.05) is 6.54 Å². The zero-order valence-electron chi connectivity index (χ0n) is 12.2. The van der Waals surface area contributed by atoms with Crippen LogP contribution in [0.5, 0.6) is 0 Å². The average molecular weight is 245 g/mol. The average Bonchev–Trinajstić information content (AvgIpc) is 2.56. The lowest BCUT2D eigenvalue weighted by molar-refractivity contribution is 0.296. The molecular weight excluding hydrogens is 218 g/mol. The summed E-state index contributed by atoms with van der Waals surface area (Å²) in [6.07, 6.45) is 7.88. The normalized spacial score (nSPS) is 24.8. The van der Waals surface area contributed by atoms with Crippen LogP contribution in [0.25, 0.3) is 0 Å². The number of hydrogen-bond donors (Lipinski definition) is 1. The smallest absolute Gasteiger partial charge is 0.0437 e. The van der Waals surface area contributed by atoms with Gasteiger partial charge in [0.25, 0.3) is 0 Å². The Balaban J connectivity index is 2.38. The second-order valence-corrected chi connectivity index (χ2v) is 5.89. The van der Waals surface area contributed by atoms with E-state index >= 15 is 0 Å². The molecule has 0 aromatic heterocycles. The summed E-state index contributed by atoms with van der Waals surface area (Å²) in [4.78, 5) is 0. The molecule has 1 nitrogen and oxygen atoms in total. The number of benzene rings is 1. The molecular formula is C17H27N. The highest BCUT2D eigenvalue weighted by atomic mass is 15.0. The standard InChI is InChI=1S/C17H27N/c1-4-10-17(11-6-5-7-12-18-17)16-9-8-14(2)13-15(16)3/h8-9,13,18H,4-7,10-12H2,1-3H3. The molecule has 1 aromatic rings. The summed E-state index contributed by atoms with van der Waals surface area (Å²) in [7, 11) is 0. The van der Waals surface area contributed by atoms with Crippen molar-refractivity contribution in [2.24, 2.45) is 0 Å². The third kappa shape index (κ3) is 2.77. The second-order valence-electron chi connectivity index (χ2n) is 5.89. The topological polar surface area (TPSA) is 12.0 Å². The van der Waals surface area contributed by atoms with E-state index < -0.39 is 0 Å². The van der Waals surface area contributed by atoms with Gasteiger partial charge in [0, 0.05) is 5.54 Å². The lowest BCUT2D eigenvalue weighted by Crippen LogP contribution is -2.42. The molecule has 100 valence electrons. The van der Waals surface area contributed by atoms with Gasteiger partial charge >= 0.3 is 0 Å². The third-order valence-corrected chi connectivity index (χ3v) is 4.32. The Morgan fingerprint density at radius 2 is 2.00 bits per heavy atom. The highest BCUT2D eigenvalue weighted by Gasteiger charge is 2.32. The fourth-order valence-corrected chi connectivity index (χ4v) is 3.50. The van der Waals surface area contributed by atoms with E-state index in [1.807, 2.05) is 0 Å². The number of hydrogen-bond acceptors (Lipinski definition) is 1. The van der Waals surface area contributed by atoms with E-state index in [0.717, 1.165) is 0 Å². The summed E-state index contributed by atoms with van der Waals surface area (Å²) in [5.41, 5.74) is 4.61. The first kappa shape index (κ1) is 13.6. The quantitative estimate of drug-likeness (QED) is 0.829. The van der Waals surface area contributed by atoms with Crippen LogP contribution in [0.2, 0.25) is 0 Å². The Morgan fingerprint density at radius 3 is 2.72 bits per heavy atom. The first-order chi connectivity index (χ1) is 8.68. The van der Waals surface area contributed by atoms with Gasteiger partial charge in [-0.3, -0.25) is 0 Å². The van der Waals surface area contributed by atoms with Crippen molar-refractivity contribution in [2.45, 2.75) is 64.8 Å². The molecule has 1 unspecified atom stereocenters. The highest BCUT2D eigenvalue weighted by Crippen LogP contribution is 2.36. The van der Waals surface area contributed by atoms with E-state index in [4.69, 9.17) is 0 Å². The summed E-state index contributed by atoms with van der Waals surface area (Å²) in [6, 6.07) is 6.96. The van der Waals surface area contributed by atoms with E-state index in [-0.39, 0.29) is 5.54 Å². The van der Waals surface area contributed by atoms with Crippen molar-refractivity contribution in [3.8, 4) is 0 Å². The summed E-state index contributed by atoms with van der Waals surface area (Å²) >= 11 is 0. The Kier molecular flexibility index (Phi) is 4.45. The molecule has 1 aliphatic heterocycles. The van der Waals surface area contributed by atoms with Crippen molar-refractivity contribution in [1.29, 1.82) is 0 Å². The van der Waals surface area contributed by atoms with E-state index in [2.05, 4.69) is 44.3 Å². The fourth-order valence-electron chi connectivity index (χ4n) is 3.50. The molecule has 0 saturated carbocycles. The van der Waals surface area contributed by atoms with Gasteiger partial charge in [-0.2, -0.15) is 0 Å². The molecule has 1 heterocycles. The fraction of sp³-hybridized carbons (Fsp3) is 0.647. The van der Waals surface area contributed by atoms with Crippen molar-refractivity contribution in [3.63, 3.8) is 0 Å². The first-order valence-electron chi connectivity index (χ1n) is 7.51. The van der Waals surface area contributed by atoms with Crippen LogP contribution in [0, 0.1) is 13.8 Å². The molecule has 0 bridgehead atoms. The molecule has 0 amide bonds. The van der Waals surface area contributed by atoms with Crippen LogP contribution < -0.4 is 5.32 Å².